The number of carbonyl (C=O) groups excluding carboxylic acids is 1. The molecular formula is C14H22N4O2. The second-order valence-electron chi connectivity index (χ2n) is 5.63. The number of carbonyl (C=O) groups is 1. The van der Waals surface area contributed by atoms with Crippen molar-refractivity contribution in [2.75, 3.05) is 18.5 Å². The van der Waals surface area contributed by atoms with Crippen LogP contribution in [0.4, 0.5) is 10.5 Å². The van der Waals surface area contributed by atoms with E-state index in [9.17, 15) is 4.79 Å². The summed E-state index contributed by atoms with van der Waals surface area (Å²) >= 11 is 0. The number of hydrogen-bond donors (Lipinski definition) is 2. The Bertz CT molecular complexity index is 448. The Morgan fingerprint density at radius 1 is 1.25 bits per heavy atom. The molecule has 0 aromatic carbocycles. The summed E-state index contributed by atoms with van der Waals surface area (Å²) < 4.78 is 7.28. The molecular weight excluding hydrogens is 256 g/mol. The first kappa shape index (κ1) is 13.4. The molecule has 0 spiro atoms. The number of rotatable bonds is 3. The van der Waals surface area contributed by atoms with E-state index < -0.39 is 0 Å². The van der Waals surface area contributed by atoms with Gasteiger partial charge in [0.2, 0.25) is 0 Å². The van der Waals surface area contributed by atoms with Crippen molar-refractivity contribution < 1.29 is 9.53 Å². The Morgan fingerprint density at radius 3 is 2.75 bits per heavy atom. The van der Waals surface area contributed by atoms with Crippen molar-refractivity contribution in [3.05, 3.63) is 12.4 Å². The summed E-state index contributed by atoms with van der Waals surface area (Å²) in [5.41, 5.74) is 0.756. The standard InChI is InChI=1S/C14H22N4O2/c19-14(16-11-3-1-2-4-11)17-12-9-15-18(10-12)13-5-7-20-8-6-13/h9-11,13H,1-8H2,(H2,16,17,19). The van der Waals surface area contributed by atoms with E-state index in [0.717, 1.165) is 44.6 Å². The molecule has 2 N–H and O–H groups in total. The minimum atomic E-state index is -0.122. The highest BCUT2D eigenvalue weighted by Gasteiger charge is 2.19. The van der Waals surface area contributed by atoms with Gasteiger partial charge >= 0.3 is 6.03 Å². The lowest BCUT2D eigenvalue weighted by Gasteiger charge is -2.22. The van der Waals surface area contributed by atoms with Crippen LogP contribution in [-0.4, -0.2) is 35.1 Å². The van der Waals surface area contributed by atoms with Crippen LogP contribution in [0.1, 0.15) is 44.6 Å². The molecule has 0 bridgehead atoms. The molecule has 1 saturated heterocycles. The monoisotopic (exact) mass is 278 g/mol. The van der Waals surface area contributed by atoms with Crippen molar-refractivity contribution in [1.29, 1.82) is 0 Å². The van der Waals surface area contributed by atoms with Gasteiger partial charge in [-0.2, -0.15) is 5.10 Å². The van der Waals surface area contributed by atoms with E-state index in [1.54, 1.807) is 6.20 Å². The number of nitrogens with zero attached hydrogens (tertiary/aromatic N) is 2. The Labute approximate surface area is 118 Å². The number of anilines is 1. The largest absolute Gasteiger partial charge is 0.381 e. The average Bonchev–Trinajstić information content (AvgIpc) is 3.11. The molecule has 2 heterocycles. The molecule has 1 saturated carbocycles. The van der Waals surface area contributed by atoms with E-state index in [1.807, 2.05) is 10.9 Å². The molecule has 1 aliphatic heterocycles. The normalized spacial score (nSPS) is 21.0. The first-order chi connectivity index (χ1) is 9.81. The SMILES string of the molecule is O=C(Nc1cnn(C2CCOCC2)c1)NC1CCCC1. The minimum absolute atomic E-state index is 0.122. The van der Waals surface area contributed by atoms with Gasteiger partial charge in [-0.3, -0.25) is 4.68 Å². The number of amides is 2. The average molecular weight is 278 g/mol. The van der Waals surface area contributed by atoms with Crippen LogP contribution in [0.3, 0.4) is 0 Å². The molecule has 0 radical (unpaired) electrons. The van der Waals surface area contributed by atoms with Gasteiger partial charge in [-0.25, -0.2) is 4.79 Å². The van der Waals surface area contributed by atoms with Gasteiger partial charge in [0, 0.05) is 25.5 Å². The van der Waals surface area contributed by atoms with Crippen LogP contribution in [0.5, 0.6) is 0 Å². The maximum Gasteiger partial charge on any atom is 0.319 e. The maximum absolute atomic E-state index is 11.9. The Kier molecular flexibility index (Phi) is 4.20. The van der Waals surface area contributed by atoms with E-state index in [-0.39, 0.29) is 6.03 Å². The lowest BCUT2D eigenvalue weighted by molar-refractivity contribution is 0.0662. The van der Waals surface area contributed by atoms with Gasteiger partial charge in [-0.05, 0) is 25.7 Å². The fraction of sp³-hybridized carbons (Fsp3) is 0.714. The first-order valence-electron chi connectivity index (χ1n) is 7.51. The summed E-state index contributed by atoms with van der Waals surface area (Å²) in [4.78, 5) is 11.9. The molecule has 1 aromatic rings. The zero-order chi connectivity index (χ0) is 13.8. The molecule has 6 heteroatoms. The number of urea groups is 1. The van der Waals surface area contributed by atoms with E-state index in [0.29, 0.717) is 12.1 Å². The molecule has 2 amide bonds. The zero-order valence-corrected chi connectivity index (χ0v) is 11.7. The summed E-state index contributed by atoms with van der Waals surface area (Å²) in [7, 11) is 0. The predicted molar refractivity (Wildman–Crippen MR) is 75.7 cm³/mol. The number of nitrogens with one attached hydrogen (secondary N) is 2. The lowest BCUT2D eigenvalue weighted by atomic mass is 10.1. The van der Waals surface area contributed by atoms with Crippen LogP contribution >= 0.6 is 0 Å². The van der Waals surface area contributed by atoms with Crippen molar-refractivity contribution in [1.82, 2.24) is 15.1 Å². The molecule has 20 heavy (non-hydrogen) atoms. The van der Waals surface area contributed by atoms with Gasteiger partial charge in [-0.15, -0.1) is 0 Å². The Balaban J connectivity index is 1.52. The first-order valence-corrected chi connectivity index (χ1v) is 7.51. The molecule has 3 rings (SSSR count). The molecule has 2 aliphatic rings. The van der Waals surface area contributed by atoms with Crippen LogP contribution < -0.4 is 10.6 Å². The third-order valence-electron chi connectivity index (χ3n) is 4.11. The highest BCUT2D eigenvalue weighted by Crippen LogP contribution is 2.21. The zero-order valence-electron chi connectivity index (χ0n) is 11.7. The van der Waals surface area contributed by atoms with Gasteiger partial charge < -0.3 is 15.4 Å². The fourth-order valence-electron chi connectivity index (χ4n) is 2.97. The van der Waals surface area contributed by atoms with Crippen molar-refractivity contribution >= 4 is 11.7 Å². The Morgan fingerprint density at radius 2 is 2.00 bits per heavy atom. The summed E-state index contributed by atoms with van der Waals surface area (Å²) in [6.45, 7) is 1.57. The van der Waals surface area contributed by atoms with Crippen LogP contribution in [0.2, 0.25) is 0 Å². The highest BCUT2D eigenvalue weighted by atomic mass is 16.5. The second kappa shape index (κ2) is 6.26. The molecule has 0 atom stereocenters. The third kappa shape index (κ3) is 3.30. The molecule has 6 nitrogen and oxygen atoms in total. The smallest absolute Gasteiger partial charge is 0.319 e. The van der Waals surface area contributed by atoms with E-state index in [2.05, 4.69) is 15.7 Å². The van der Waals surface area contributed by atoms with E-state index in [1.165, 1.54) is 12.8 Å². The van der Waals surface area contributed by atoms with Gasteiger partial charge in [0.05, 0.1) is 17.9 Å². The topological polar surface area (TPSA) is 68.2 Å². The van der Waals surface area contributed by atoms with E-state index >= 15 is 0 Å². The van der Waals surface area contributed by atoms with E-state index in [4.69, 9.17) is 4.74 Å². The molecule has 1 aromatic heterocycles. The van der Waals surface area contributed by atoms with Gasteiger partial charge in [-0.1, -0.05) is 12.8 Å². The summed E-state index contributed by atoms with van der Waals surface area (Å²) in [5.74, 6) is 0. The van der Waals surface area contributed by atoms with Crippen LogP contribution in [0.25, 0.3) is 0 Å². The minimum Gasteiger partial charge on any atom is -0.381 e. The summed E-state index contributed by atoms with van der Waals surface area (Å²) in [6, 6.07) is 0.598. The molecule has 110 valence electrons. The quantitative estimate of drug-likeness (QED) is 0.891. The third-order valence-corrected chi connectivity index (χ3v) is 4.11. The molecule has 1 aliphatic carbocycles. The van der Waals surface area contributed by atoms with Gasteiger partial charge in [0.1, 0.15) is 0 Å². The fourth-order valence-corrected chi connectivity index (χ4v) is 2.97. The van der Waals surface area contributed by atoms with Gasteiger partial charge in [0.15, 0.2) is 0 Å². The van der Waals surface area contributed by atoms with Gasteiger partial charge in [0.25, 0.3) is 0 Å². The number of hydrogen-bond acceptors (Lipinski definition) is 3. The number of aromatic nitrogens is 2. The maximum atomic E-state index is 11.9. The second-order valence-corrected chi connectivity index (χ2v) is 5.63. The number of ether oxygens (including phenoxy) is 1. The van der Waals surface area contributed by atoms with Crippen LogP contribution in [0.15, 0.2) is 12.4 Å². The lowest BCUT2D eigenvalue weighted by Crippen LogP contribution is -2.36. The predicted octanol–water partition coefficient (Wildman–Crippen LogP) is 2.30. The van der Waals surface area contributed by atoms with Crippen molar-refractivity contribution in [2.45, 2.75) is 50.6 Å². The van der Waals surface area contributed by atoms with Crippen molar-refractivity contribution in [3.63, 3.8) is 0 Å². The molecule has 0 unspecified atom stereocenters. The molecule has 2 fully saturated rings. The highest BCUT2D eigenvalue weighted by molar-refractivity contribution is 5.89. The van der Waals surface area contributed by atoms with Crippen LogP contribution in [0, 0.1) is 0 Å². The summed E-state index contributed by atoms with van der Waals surface area (Å²) in [6.07, 6.45) is 10.2. The van der Waals surface area contributed by atoms with Crippen LogP contribution in [-0.2, 0) is 4.74 Å². The Hall–Kier alpha value is -1.56. The summed E-state index contributed by atoms with van der Waals surface area (Å²) in [5, 5.41) is 10.2. The van der Waals surface area contributed by atoms with Crippen molar-refractivity contribution in [3.8, 4) is 0 Å². The van der Waals surface area contributed by atoms with Crippen molar-refractivity contribution in [2.24, 2.45) is 0 Å².